The van der Waals surface area contributed by atoms with Crippen LogP contribution in [0.4, 0.5) is 0 Å². The van der Waals surface area contributed by atoms with Crippen LogP contribution >= 0.6 is 0 Å². The third-order valence-corrected chi connectivity index (χ3v) is 8.16. The molecule has 1 aromatic heterocycles. The first-order valence-corrected chi connectivity index (χ1v) is 14.7. The Morgan fingerprint density at radius 2 is 1.16 bits per heavy atom. The van der Waals surface area contributed by atoms with Gasteiger partial charge in [0.25, 0.3) is 0 Å². The van der Waals surface area contributed by atoms with Crippen molar-refractivity contribution < 1.29 is 5.11 Å². The van der Waals surface area contributed by atoms with E-state index in [9.17, 15) is 5.11 Å². The Hall–Kier alpha value is -1.73. The van der Waals surface area contributed by atoms with Crippen molar-refractivity contribution in [1.82, 2.24) is 24.6 Å². The standard InChI is InChI=1S/C32H55N5O/c1-30(2,3)35-19-12-20-37(32(7,8)9)24-23-36(31(4,5)6)18-11-17-34(21-22-35)25-26-14-15-28(38)29-27(26)13-10-16-33-29/h10,13-16,38H,11-12,17-25H2,1-9H3. The van der Waals surface area contributed by atoms with E-state index in [1.807, 2.05) is 6.07 Å². The Labute approximate surface area is 233 Å². The highest BCUT2D eigenvalue weighted by Gasteiger charge is 2.28. The summed E-state index contributed by atoms with van der Waals surface area (Å²) in [6, 6.07) is 7.94. The second kappa shape index (κ2) is 12.6. The molecule has 0 saturated carbocycles. The third kappa shape index (κ3) is 8.64. The van der Waals surface area contributed by atoms with E-state index >= 15 is 0 Å². The van der Waals surface area contributed by atoms with Crippen LogP contribution in [-0.4, -0.2) is 98.7 Å². The first-order chi connectivity index (χ1) is 17.7. The summed E-state index contributed by atoms with van der Waals surface area (Å²) < 4.78 is 0. The lowest BCUT2D eigenvalue weighted by atomic mass is 10.0. The van der Waals surface area contributed by atoms with Crippen LogP contribution in [0.25, 0.3) is 10.9 Å². The predicted octanol–water partition coefficient (Wildman–Crippen LogP) is 5.84. The molecule has 3 rings (SSSR count). The van der Waals surface area contributed by atoms with E-state index in [4.69, 9.17) is 0 Å². The van der Waals surface area contributed by atoms with Crippen LogP contribution in [0.3, 0.4) is 0 Å². The summed E-state index contributed by atoms with van der Waals surface area (Å²) in [6.45, 7) is 30.7. The molecule has 0 radical (unpaired) electrons. The molecule has 1 aliphatic rings. The zero-order valence-corrected chi connectivity index (χ0v) is 25.8. The third-order valence-electron chi connectivity index (χ3n) is 8.16. The fourth-order valence-electron chi connectivity index (χ4n) is 5.65. The number of pyridine rings is 1. The van der Waals surface area contributed by atoms with Gasteiger partial charge >= 0.3 is 0 Å². The van der Waals surface area contributed by atoms with Crippen LogP contribution in [0, 0.1) is 0 Å². The van der Waals surface area contributed by atoms with Crippen molar-refractivity contribution >= 4 is 10.9 Å². The minimum atomic E-state index is 0.132. The zero-order valence-electron chi connectivity index (χ0n) is 25.8. The minimum Gasteiger partial charge on any atom is -0.506 e. The number of phenolic OH excluding ortho intramolecular Hbond substituents is 1. The van der Waals surface area contributed by atoms with Crippen molar-refractivity contribution in [3.05, 3.63) is 36.0 Å². The highest BCUT2D eigenvalue weighted by molar-refractivity contribution is 5.87. The van der Waals surface area contributed by atoms with E-state index in [0.29, 0.717) is 5.52 Å². The Balaban J connectivity index is 1.85. The van der Waals surface area contributed by atoms with Crippen molar-refractivity contribution in [1.29, 1.82) is 0 Å². The lowest BCUT2D eigenvalue weighted by Gasteiger charge is -2.43. The normalized spacial score (nSPS) is 20.0. The number of aromatic hydroxyl groups is 1. The number of fused-ring (bicyclic) bond motifs is 1. The van der Waals surface area contributed by atoms with Gasteiger partial charge in [0.1, 0.15) is 11.3 Å². The molecular formula is C32H55N5O. The second-order valence-electron chi connectivity index (χ2n) is 14.1. The number of aromatic nitrogens is 1. The molecule has 1 aromatic carbocycles. The van der Waals surface area contributed by atoms with E-state index in [1.165, 1.54) is 12.0 Å². The molecule has 0 aliphatic carbocycles. The molecule has 0 spiro atoms. The molecule has 38 heavy (non-hydrogen) atoms. The van der Waals surface area contributed by atoms with Gasteiger partial charge in [-0.05, 0) is 119 Å². The average molecular weight is 526 g/mol. The summed E-state index contributed by atoms with van der Waals surface area (Å²) >= 11 is 0. The van der Waals surface area contributed by atoms with Crippen molar-refractivity contribution in [2.75, 3.05) is 52.4 Å². The summed E-state index contributed by atoms with van der Waals surface area (Å²) in [4.78, 5) is 15.1. The Bertz CT molecular complexity index is 1020. The van der Waals surface area contributed by atoms with Crippen LogP contribution in [0.15, 0.2) is 30.5 Å². The lowest BCUT2D eigenvalue weighted by molar-refractivity contribution is 0.0585. The van der Waals surface area contributed by atoms with Crippen LogP contribution in [0.1, 0.15) is 80.7 Å². The SMILES string of the molecule is CC(C)(C)N1CCCN(C(C)(C)C)CCN(C(C)(C)C)CCCN(Cc2ccc(O)c3ncccc23)CC1. The van der Waals surface area contributed by atoms with Crippen molar-refractivity contribution in [3.63, 3.8) is 0 Å². The molecule has 1 aliphatic heterocycles. The molecule has 214 valence electrons. The fraction of sp³-hybridized carbons (Fsp3) is 0.719. The zero-order chi connectivity index (χ0) is 28.1. The Kier molecular flexibility index (Phi) is 10.2. The van der Waals surface area contributed by atoms with Crippen LogP contribution in [0.2, 0.25) is 0 Å². The molecular weight excluding hydrogens is 470 g/mol. The number of rotatable bonds is 2. The summed E-state index contributed by atoms with van der Waals surface area (Å²) in [5, 5.41) is 11.4. The largest absolute Gasteiger partial charge is 0.506 e. The number of hydrogen-bond acceptors (Lipinski definition) is 6. The maximum absolute atomic E-state index is 10.4. The van der Waals surface area contributed by atoms with Gasteiger partial charge in [-0.2, -0.15) is 0 Å². The van der Waals surface area contributed by atoms with Gasteiger partial charge in [-0.25, -0.2) is 0 Å². The first kappa shape index (κ1) is 30.8. The molecule has 0 atom stereocenters. The van der Waals surface area contributed by atoms with Crippen LogP contribution < -0.4 is 0 Å². The number of nitrogens with zero attached hydrogens (tertiary/aromatic N) is 5. The van der Waals surface area contributed by atoms with Gasteiger partial charge in [0.2, 0.25) is 0 Å². The van der Waals surface area contributed by atoms with Crippen LogP contribution in [0.5, 0.6) is 5.75 Å². The maximum atomic E-state index is 10.4. The van der Waals surface area contributed by atoms with Crippen molar-refractivity contribution in [3.8, 4) is 5.75 Å². The highest BCUT2D eigenvalue weighted by atomic mass is 16.3. The Morgan fingerprint density at radius 1 is 0.658 bits per heavy atom. The number of phenols is 1. The van der Waals surface area contributed by atoms with E-state index in [1.54, 1.807) is 12.3 Å². The van der Waals surface area contributed by atoms with Gasteiger partial charge < -0.3 is 5.11 Å². The molecule has 2 aromatic rings. The molecule has 2 heterocycles. The van der Waals surface area contributed by atoms with Gasteiger partial charge in [-0.1, -0.05) is 12.1 Å². The molecule has 0 amide bonds. The quantitative estimate of drug-likeness (QED) is 0.532. The van der Waals surface area contributed by atoms with Crippen molar-refractivity contribution in [2.45, 2.75) is 98.3 Å². The molecule has 0 bridgehead atoms. The first-order valence-electron chi connectivity index (χ1n) is 14.7. The highest BCUT2D eigenvalue weighted by Crippen LogP contribution is 2.27. The molecule has 6 heteroatoms. The van der Waals surface area contributed by atoms with E-state index in [-0.39, 0.29) is 22.4 Å². The number of hydrogen-bond donors (Lipinski definition) is 1. The molecule has 1 fully saturated rings. The average Bonchev–Trinajstić information content (AvgIpc) is 2.80. The molecule has 1 N–H and O–H groups in total. The van der Waals surface area contributed by atoms with E-state index in [0.717, 1.165) is 70.7 Å². The maximum Gasteiger partial charge on any atom is 0.141 e. The van der Waals surface area contributed by atoms with E-state index in [2.05, 4.69) is 99.0 Å². The predicted molar refractivity (Wildman–Crippen MR) is 162 cm³/mol. The minimum absolute atomic E-state index is 0.132. The summed E-state index contributed by atoms with van der Waals surface area (Å²) in [7, 11) is 0. The van der Waals surface area contributed by atoms with Crippen LogP contribution in [-0.2, 0) is 6.54 Å². The lowest BCUT2D eigenvalue weighted by Crippen LogP contribution is -2.52. The molecule has 1 saturated heterocycles. The topological polar surface area (TPSA) is 46.1 Å². The van der Waals surface area contributed by atoms with Gasteiger partial charge in [-0.15, -0.1) is 0 Å². The smallest absolute Gasteiger partial charge is 0.141 e. The monoisotopic (exact) mass is 525 g/mol. The summed E-state index contributed by atoms with van der Waals surface area (Å²) in [5.74, 6) is 0.259. The van der Waals surface area contributed by atoms with Gasteiger partial charge in [0.05, 0.1) is 0 Å². The summed E-state index contributed by atoms with van der Waals surface area (Å²) in [6.07, 6.45) is 4.08. The van der Waals surface area contributed by atoms with Crippen molar-refractivity contribution in [2.24, 2.45) is 0 Å². The van der Waals surface area contributed by atoms with E-state index < -0.39 is 0 Å². The number of benzene rings is 1. The second-order valence-corrected chi connectivity index (χ2v) is 14.1. The molecule has 0 unspecified atom stereocenters. The van der Waals surface area contributed by atoms with Gasteiger partial charge in [-0.3, -0.25) is 24.6 Å². The molecule has 6 nitrogen and oxygen atoms in total. The Morgan fingerprint density at radius 3 is 1.68 bits per heavy atom. The van der Waals surface area contributed by atoms with Gasteiger partial charge in [0, 0.05) is 60.9 Å². The fourth-order valence-corrected chi connectivity index (χ4v) is 5.65. The van der Waals surface area contributed by atoms with Gasteiger partial charge in [0.15, 0.2) is 0 Å². The summed E-state index contributed by atoms with van der Waals surface area (Å²) in [5.41, 5.74) is 2.39.